The van der Waals surface area contributed by atoms with Crippen LogP contribution in [0.1, 0.15) is 69.5 Å². The molecule has 0 spiro atoms. The summed E-state index contributed by atoms with van der Waals surface area (Å²) in [7, 11) is 0. The number of carbonyl (C=O) groups is 1. The number of amides is 1. The smallest absolute Gasteiger partial charge is 0.237 e. The monoisotopic (exact) mass is 388 g/mol. The van der Waals surface area contributed by atoms with Crippen LogP contribution in [-0.4, -0.2) is 41.4 Å². The van der Waals surface area contributed by atoms with Gasteiger partial charge in [-0.2, -0.15) is 0 Å². The Morgan fingerprint density at radius 1 is 1.07 bits per heavy atom. The first-order valence-corrected chi connectivity index (χ1v) is 11.0. The van der Waals surface area contributed by atoms with Crippen LogP contribution < -0.4 is 10.6 Å². The number of nitrogens with one attached hydrogen (secondary N) is 2. The second-order valence-electron chi connectivity index (χ2n) is 8.63. The molecule has 1 saturated carbocycles. The summed E-state index contributed by atoms with van der Waals surface area (Å²) >= 11 is 0. The topological polar surface area (TPSA) is 81.6 Å². The molecule has 0 unspecified atom stereocenters. The lowest BCUT2D eigenvalue weighted by Gasteiger charge is -2.32. The number of carbonyl (C=O) groups excluding carboxylic acids is 1. The van der Waals surface area contributed by atoms with Crippen molar-refractivity contribution >= 4 is 5.91 Å². The molecule has 1 aliphatic carbocycles. The summed E-state index contributed by atoms with van der Waals surface area (Å²) in [6, 6.07) is 8.24. The van der Waals surface area contributed by atoms with E-state index < -0.39 is 12.1 Å². The van der Waals surface area contributed by atoms with Gasteiger partial charge in [-0.1, -0.05) is 75.3 Å². The van der Waals surface area contributed by atoms with Crippen LogP contribution in [0.3, 0.4) is 0 Å². The maximum Gasteiger partial charge on any atom is 0.237 e. The third-order valence-electron chi connectivity index (χ3n) is 6.58. The Labute approximate surface area is 168 Å². The SMILES string of the molecule is O=C(N[C@H](CO)[C@@H](O)c1ccccc1)[C@@H]1C[C@H](CCC2CCCCC2)CCN1. The average molecular weight is 389 g/mol. The van der Waals surface area contributed by atoms with E-state index in [1.165, 1.54) is 44.9 Å². The predicted octanol–water partition coefficient (Wildman–Crippen LogP) is 2.93. The zero-order valence-electron chi connectivity index (χ0n) is 16.9. The molecule has 4 atom stereocenters. The summed E-state index contributed by atoms with van der Waals surface area (Å²) in [6.45, 7) is 0.568. The maximum atomic E-state index is 12.8. The summed E-state index contributed by atoms with van der Waals surface area (Å²) in [5.74, 6) is 1.36. The zero-order chi connectivity index (χ0) is 19.8. The molecule has 28 heavy (non-hydrogen) atoms. The highest BCUT2D eigenvalue weighted by atomic mass is 16.3. The van der Waals surface area contributed by atoms with Crippen molar-refractivity contribution in [1.82, 2.24) is 10.6 Å². The number of aliphatic hydroxyl groups is 2. The summed E-state index contributed by atoms with van der Waals surface area (Å²) < 4.78 is 0. The van der Waals surface area contributed by atoms with Gasteiger partial charge in [0.25, 0.3) is 0 Å². The molecule has 0 aromatic heterocycles. The Hall–Kier alpha value is -1.43. The van der Waals surface area contributed by atoms with Gasteiger partial charge in [0.15, 0.2) is 0 Å². The molecule has 0 bridgehead atoms. The van der Waals surface area contributed by atoms with Crippen LogP contribution in [0.25, 0.3) is 0 Å². The van der Waals surface area contributed by atoms with Gasteiger partial charge in [-0.3, -0.25) is 4.79 Å². The Balaban J connectivity index is 1.48. The van der Waals surface area contributed by atoms with Gasteiger partial charge in [0, 0.05) is 0 Å². The van der Waals surface area contributed by atoms with Crippen LogP contribution in [0.15, 0.2) is 30.3 Å². The minimum atomic E-state index is -0.916. The summed E-state index contributed by atoms with van der Waals surface area (Å²) in [6.07, 6.45) is 10.5. The van der Waals surface area contributed by atoms with E-state index in [9.17, 15) is 15.0 Å². The number of piperidine rings is 1. The first-order valence-electron chi connectivity index (χ1n) is 11.0. The van der Waals surface area contributed by atoms with Gasteiger partial charge in [-0.05, 0) is 36.8 Å². The molecule has 1 amide bonds. The highest BCUT2D eigenvalue weighted by Crippen LogP contribution is 2.31. The highest BCUT2D eigenvalue weighted by molar-refractivity contribution is 5.82. The van der Waals surface area contributed by atoms with Crippen molar-refractivity contribution in [1.29, 1.82) is 0 Å². The van der Waals surface area contributed by atoms with E-state index in [1.807, 2.05) is 18.2 Å². The van der Waals surface area contributed by atoms with E-state index in [0.717, 1.165) is 25.3 Å². The first-order chi connectivity index (χ1) is 13.7. The van der Waals surface area contributed by atoms with Crippen LogP contribution in [0.2, 0.25) is 0 Å². The lowest BCUT2D eigenvalue weighted by atomic mass is 9.81. The second-order valence-corrected chi connectivity index (χ2v) is 8.63. The summed E-state index contributed by atoms with van der Waals surface area (Å²) in [4.78, 5) is 12.8. The lowest BCUT2D eigenvalue weighted by molar-refractivity contribution is -0.126. The van der Waals surface area contributed by atoms with Gasteiger partial charge in [-0.25, -0.2) is 0 Å². The molecular formula is C23H36N2O3. The highest BCUT2D eigenvalue weighted by Gasteiger charge is 2.30. The van der Waals surface area contributed by atoms with E-state index in [1.54, 1.807) is 12.1 Å². The normalized spacial score (nSPS) is 25.8. The largest absolute Gasteiger partial charge is 0.394 e. The van der Waals surface area contributed by atoms with Crippen LogP contribution in [-0.2, 0) is 4.79 Å². The van der Waals surface area contributed by atoms with Gasteiger partial charge >= 0.3 is 0 Å². The van der Waals surface area contributed by atoms with E-state index in [4.69, 9.17) is 0 Å². The Bertz CT molecular complexity index is 589. The van der Waals surface area contributed by atoms with Crippen LogP contribution in [0.5, 0.6) is 0 Å². The molecule has 2 aliphatic rings. The molecule has 5 nitrogen and oxygen atoms in total. The molecule has 1 aromatic carbocycles. The van der Waals surface area contributed by atoms with Gasteiger partial charge in [0.1, 0.15) is 6.10 Å². The molecule has 1 heterocycles. The van der Waals surface area contributed by atoms with Gasteiger partial charge in [0.2, 0.25) is 5.91 Å². The fourth-order valence-electron chi connectivity index (χ4n) is 4.80. The van der Waals surface area contributed by atoms with Crippen molar-refractivity contribution < 1.29 is 15.0 Å². The number of benzene rings is 1. The van der Waals surface area contributed by atoms with Crippen molar-refractivity contribution in [2.45, 2.75) is 76.0 Å². The predicted molar refractivity (Wildman–Crippen MR) is 111 cm³/mol. The van der Waals surface area contributed by atoms with Crippen LogP contribution >= 0.6 is 0 Å². The third kappa shape index (κ3) is 6.03. The number of rotatable bonds is 8. The number of hydrogen-bond acceptors (Lipinski definition) is 4. The van der Waals surface area contributed by atoms with Gasteiger partial charge in [-0.15, -0.1) is 0 Å². The molecule has 1 aromatic rings. The van der Waals surface area contributed by atoms with Crippen molar-refractivity contribution in [3.63, 3.8) is 0 Å². The minimum Gasteiger partial charge on any atom is -0.394 e. The van der Waals surface area contributed by atoms with Gasteiger partial charge < -0.3 is 20.8 Å². The summed E-state index contributed by atoms with van der Waals surface area (Å²) in [5, 5.41) is 26.4. The van der Waals surface area contributed by atoms with Crippen molar-refractivity contribution in [3.8, 4) is 0 Å². The molecule has 4 N–H and O–H groups in total. The molecule has 0 radical (unpaired) electrons. The van der Waals surface area contributed by atoms with Gasteiger partial charge in [0.05, 0.1) is 18.7 Å². The van der Waals surface area contributed by atoms with E-state index >= 15 is 0 Å². The molecule has 156 valence electrons. The quantitative estimate of drug-likeness (QED) is 0.552. The zero-order valence-corrected chi connectivity index (χ0v) is 16.9. The van der Waals surface area contributed by atoms with Crippen molar-refractivity contribution in [2.75, 3.05) is 13.2 Å². The van der Waals surface area contributed by atoms with Crippen LogP contribution in [0.4, 0.5) is 0 Å². The molecular weight excluding hydrogens is 352 g/mol. The maximum absolute atomic E-state index is 12.8. The fourth-order valence-corrected chi connectivity index (χ4v) is 4.80. The molecule has 1 aliphatic heterocycles. The second kappa shape index (κ2) is 10.9. The molecule has 5 heteroatoms. The van der Waals surface area contributed by atoms with E-state index in [0.29, 0.717) is 11.5 Å². The molecule has 1 saturated heterocycles. The van der Waals surface area contributed by atoms with E-state index in [-0.39, 0.29) is 18.6 Å². The molecule has 2 fully saturated rings. The number of aliphatic hydroxyl groups excluding tert-OH is 2. The Morgan fingerprint density at radius 2 is 1.79 bits per heavy atom. The van der Waals surface area contributed by atoms with E-state index in [2.05, 4.69) is 10.6 Å². The van der Waals surface area contributed by atoms with Crippen molar-refractivity contribution in [2.24, 2.45) is 11.8 Å². The fraction of sp³-hybridized carbons (Fsp3) is 0.696. The average Bonchev–Trinajstić information content (AvgIpc) is 2.77. The number of hydrogen-bond donors (Lipinski definition) is 4. The standard InChI is InChI=1S/C23H36N2O3/c26-16-21(22(27)19-9-5-2-6-10-19)25-23(28)20-15-18(13-14-24-20)12-11-17-7-3-1-4-8-17/h2,5-6,9-10,17-18,20-22,24,26-27H,1,3-4,7-8,11-16H2,(H,25,28)/t18-,20+,21-,22+/m1/s1. The Morgan fingerprint density at radius 3 is 2.50 bits per heavy atom. The minimum absolute atomic E-state index is 0.114. The van der Waals surface area contributed by atoms with Crippen molar-refractivity contribution in [3.05, 3.63) is 35.9 Å². The lowest BCUT2D eigenvalue weighted by Crippen LogP contribution is -2.53. The summed E-state index contributed by atoms with van der Waals surface area (Å²) in [5.41, 5.74) is 0.698. The first kappa shape index (κ1) is 21.3. The Kier molecular flexibility index (Phi) is 8.31. The molecule has 3 rings (SSSR count). The van der Waals surface area contributed by atoms with Crippen LogP contribution in [0, 0.1) is 11.8 Å². The third-order valence-corrected chi connectivity index (χ3v) is 6.58.